The van der Waals surface area contributed by atoms with Crippen molar-refractivity contribution in [2.75, 3.05) is 12.1 Å². The number of hydrogen-bond acceptors (Lipinski definition) is 2. The van der Waals surface area contributed by atoms with Gasteiger partial charge in [0.1, 0.15) is 6.33 Å². The van der Waals surface area contributed by atoms with E-state index in [-0.39, 0.29) is 0 Å². The van der Waals surface area contributed by atoms with Gasteiger partial charge in [0.15, 0.2) is 0 Å². The number of para-hydroxylation sites is 1. The van der Waals surface area contributed by atoms with Gasteiger partial charge in [-0.1, -0.05) is 18.2 Å². The van der Waals surface area contributed by atoms with Crippen molar-refractivity contribution in [2.45, 2.75) is 0 Å². The molecule has 0 aliphatic carbocycles. The summed E-state index contributed by atoms with van der Waals surface area (Å²) in [6.45, 7) is 0. The van der Waals surface area contributed by atoms with Crippen LogP contribution in [0.25, 0.3) is 0 Å². The van der Waals surface area contributed by atoms with E-state index < -0.39 is 0 Å². The third-order valence-electron chi connectivity index (χ3n) is 1.97. The number of imidazole rings is 1. The molecule has 0 bridgehead atoms. The molecule has 0 N–H and O–H groups in total. The van der Waals surface area contributed by atoms with Crippen molar-refractivity contribution in [1.82, 2.24) is 9.66 Å². The molecule has 0 spiro atoms. The largest absolute Gasteiger partial charge is 0.283 e. The fourth-order valence-electron chi connectivity index (χ4n) is 1.21. The van der Waals surface area contributed by atoms with Gasteiger partial charge in [0.2, 0.25) is 0 Å². The molecule has 1 heterocycles. The van der Waals surface area contributed by atoms with Gasteiger partial charge in [-0.2, -0.15) is 0 Å². The molecule has 0 atom stereocenters. The Balaban J connectivity index is 2.29. The summed E-state index contributed by atoms with van der Waals surface area (Å²) in [6, 6.07) is 10.1. The predicted octanol–water partition coefficient (Wildman–Crippen LogP) is 1.78. The van der Waals surface area contributed by atoms with Crippen LogP contribution in [0.5, 0.6) is 0 Å². The minimum absolute atomic E-state index is 1.14. The molecular formula is C10H11N3. The van der Waals surface area contributed by atoms with Crippen LogP contribution >= 0.6 is 0 Å². The van der Waals surface area contributed by atoms with Gasteiger partial charge in [0, 0.05) is 19.4 Å². The summed E-state index contributed by atoms with van der Waals surface area (Å²) in [5.74, 6) is 0. The lowest BCUT2D eigenvalue weighted by molar-refractivity contribution is 0.773. The zero-order chi connectivity index (χ0) is 9.10. The van der Waals surface area contributed by atoms with Crippen LogP contribution in [0.2, 0.25) is 0 Å². The highest BCUT2D eigenvalue weighted by Crippen LogP contribution is 2.11. The van der Waals surface area contributed by atoms with Gasteiger partial charge in [0.25, 0.3) is 0 Å². The lowest BCUT2D eigenvalue weighted by Crippen LogP contribution is -2.22. The van der Waals surface area contributed by atoms with Crippen LogP contribution < -0.4 is 5.01 Å². The van der Waals surface area contributed by atoms with Gasteiger partial charge in [0.05, 0.1) is 5.69 Å². The molecule has 1 aromatic heterocycles. The normalized spacial score (nSPS) is 9.92. The third-order valence-corrected chi connectivity index (χ3v) is 1.97. The Kier molecular flexibility index (Phi) is 2.00. The highest BCUT2D eigenvalue weighted by molar-refractivity contribution is 5.44. The molecule has 66 valence electrons. The van der Waals surface area contributed by atoms with Gasteiger partial charge in [-0.05, 0) is 12.1 Å². The van der Waals surface area contributed by atoms with Crippen LogP contribution in [-0.4, -0.2) is 16.7 Å². The molecule has 2 aromatic rings. The average molecular weight is 173 g/mol. The zero-order valence-corrected chi connectivity index (χ0v) is 7.46. The van der Waals surface area contributed by atoms with E-state index in [0.717, 1.165) is 5.69 Å². The molecule has 0 radical (unpaired) electrons. The standard InChI is InChI=1S/C10H11N3/c1-12(13-8-7-11-9-13)10-5-3-2-4-6-10/h2-9H,1H3. The molecule has 0 unspecified atom stereocenters. The summed E-state index contributed by atoms with van der Waals surface area (Å²) < 4.78 is 1.93. The summed E-state index contributed by atoms with van der Waals surface area (Å²) >= 11 is 0. The second-order valence-corrected chi connectivity index (χ2v) is 2.80. The van der Waals surface area contributed by atoms with E-state index in [2.05, 4.69) is 17.1 Å². The summed E-state index contributed by atoms with van der Waals surface area (Å²) in [6.07, 6.45) is 5.44. The van der Waals surface area contributed by atoms with Crippen molar-refractivity contribution >= 4 is 5.69 Å². The molecule has 0 saturated carbocycles. The third kappa shape index (κ3) is 1.54. The van der Waals surface area contributed by atoms with Crippen molar-refractivity contribution in [3.63, 3.8) is 0 Å². The topological polar surface area (TPSA) is 21.1 Å². The molecule has 1 aromatic carbocycles. The number of anilines is 1. The average Bonchev–Trinajstić information content (AvgIpc) is 2.71. The van der Waals surface area contributed by atoms with Crippen LogP contribution in [0.4, 0.5) is 5.69 Å². The minimum Gasteiger partial charge on any atom is -0.283 e. The van der Waals surface area contributed by atoms with Crippen LogP contribution in [0.15, 0.2) is 49.1 Å². The van der Waals surface area contributed by atoms with Crippen molar-refractivity contribution in [1.29, 1.82) is 0 Å². The molecule has 0 aliphatic rings. The van der Waals surface area contributed by atoms with Crippen LogP contribution in [0.3, 0.4) is 0 Å². The Labute approximate surface area is 77.2 Å². The fourth-order valence-corrected chi connectivity index (χ4v) is 1.21. The first-order valence-corrected chi connectivity index (χ1v) is 4.15. The van der Waals surface area contributed by atoms with E-state index in [1.165, 1.54) is 0 Å². The second kappa shape index (κ2) is 3.31. The summed E-state index contributed by atoms with van der Waals surface area (Å²) in [5.41, 5.74) is 1.14. The Morgan fingerprint density at radius 2 is 2.00 bits per heavy atom. The van der Waals surface area contributed by atoms with Gasteiger partial charge >= 0.3 is 0 Å². The number of nitrogens with zero attached hydrogens (tertiary/aromatic N) is 3. The maximum Gasteiger partial charge on any atom is 0.114 e. The maximum absolute atomic E-state index is 3.99. The highest BCUT2D eigenvalue weighted by atomic mass is 15.5. The van der Waals surface area contributed by atoms with E-state index in [1.807, 2.05) is 41.1 Å². The first-order valence-electron chi connectivity index (χ1n) is 4.15. The summed E-state index contributed by atoms with van der Waals surface area (Å²) in [4.78, 5) is 3.99. The quantitative estimate of drug-likeness (QED) is 0.690. The number of hydrogen-bond donors (Lipinski definition) is 0. The zero-order valence-electron chi connectivity index (χ0n) is 7.46. The second-order valence-electron chi connectivity index (χ2n) is 2.80. The van der Waals surface area contributed by atoms with Gasteiger partial charge in [-0.3, -0.25) is 5.01 Å². The fraction of sp³-hybridized carbons (Fsp3) is 0.100. The monoisotopic (exact) mass is 173 g/mol. The molecule has 0 aliphatic heterocycles. The molecule has 0 fully saturated rings. The molecule has 2 rings (SSSR count). The summed E-state index contributed by atoms with van der Waals surface area (Å²) in [7, 11) is 2.00. The minimum atomic E-state index is 1.14. The number of aromatic nitrogens is 2. The molecule has 13 heavy (non-hydrogen) atoms. The molecule has 0 saturated heterocycles. The van der Waals surface area contributed by atoms with Gasteiger partial charge < -0.3 is 0 Å². The Hall–Kier alpha value is -1.77. The molecule has 3 heteroatoms. The van der Waals surface area contributed by atoms with E-state index in [1.54, 1.807) is 12.5 Å². The van der Waals surface area contributed by atoms with Crippen molar-refractivity contribution in [3.8, 4) is 0 Å². The van der Waals surface area contributed by atoms with Gasteiger partial charge in [-0.25, -0.2) is 9.66 Å². The van der Waals surface area contributed by atoms with Crippen LogP contribution in [-0.2, 0) is 0 Å². The van der Waals surface area contributed by atoms with E-state index in [4.69, 9.17) is 0 Å². The molecular weight excluding hydrogens is 162 g/mol. The lowest BCUT2D eigenvalue weighted by Gasteiger charge is -2.19. The SMILES string of the molecule is CN(c1ccccc1)n1ccnc1. The number of benzene rings is 1. The van der Waals surface area contributed by atoms with Crippen LogP contribution in [0.1, 0.15) is 0 Å². The predicted molar refractivity (Wildman–Crippen MR) is 52.5 cm³/mol. The Morgan fingerprint density at radius 1 is 1.23 bits per heavy atom. The van der Waals surface area contributed by atoms with E-state index in [0.29, 0.717) is 0 Å². The highest BCUT2D eigenvalue weighted by Gasteiger charge is 1.99. The van der Waals surface area contributed by atoms with Crippen molar-refractivity contribution in [2.24, 2.45) is 0 Å². The van der Waals surface area contributed by atoms with Crippen molar-refractivity contribution < 1.29 is 0 Å². The van der Waals surface area contributed by atoms with E-state index >= 15 is 0 Å². The van der Waals surface area contributed by atoms with E-state index in [9.17, 15) is 0 Å². The Bertz CT molecular complexity index is 353. The number of rotatable bonds is 2. The molecule has 0 amide bonds. The Morgan fingerprint density at radius 3 is 2.62 bits per heavy atom. The maximum atomic E-state index is 3.99. The summed E-state index contributed by atoms with van der Waals surface area (Å²) in [5, 5.41) is 2.02. The first-order chi connectivity index (χ1) is 6.38. The smallest absolute Gasteiger partial charge is 0.114 e. The lowest BCUT2D eigenvalue weighted by atomic mass is 10.3. The van der Waals surface area contributed by atoms with Crippen molar-refractivity contribution in [3.05, 3.63) is 49.1 Å². The van der Waals surface area contributed by atoms with Gasteiger partial charge in [-0.15, -0.1) is 0 Å². The first kappa shape index (κ1) is 7.86. The van der Waals surface area contributed by atoms with Crippen LogP contribution in [0, 0.1) is 0 Å². The molecule has 3 nitrogen and oxygen atoms in total.